The zero-order valence-electron chi connectivity index (χ0n) is 16.0. The topological polar surface area (TPSA) is 18.5 Å². The lowest BCUT2D eigenvalue weighted by Crippen LogP contribution is -2.25. The molecule has 3 atom stereocenters. The van der Waals surface area contributed by atoms with Crippen molar-refractivity contribution >= 4 is 12.6 Å². The number of hydrogen-bond donors (Lipinski definition) is 1. The van der Waals surface area contributed by atoms with E-state index in [1.807, 2.05) is 19.9 Å². The molecule has 0 aromatic heterocycles. The summed E-state index contributed by atoms with van der Waals surface area (Å²) in [6.45, 7) is 10.1. The van der Waals surface area contributed by atoms with Gasteiger partial charge in [-0.05, 0) is 31.4 Å². The highest BCUT2D eigenvalue weighted by atomic mass is 32.1. The van der Waals surface area contributed by atoms with Gasteiger partial charge in [0.25, 0.3) is 0 Å². The Labute approximate surface area is 159 Å². The average molecular weight is 363 g/mol. The van der Waals surface area contributed by atoms with E-state index in [0.29, 0.717) is 0 Å². The number of hydrogen-bond acceptors (Lipinski definition) is 3. The standard InChI is InChI=1S/C22H34O2S/c1-5-7-8-9-10-11-19-20(24-22(3,4)23-19)16-17-12-14-18(15-13-17)21(25)6-2/h6,12-15,19-21,25H,2,5,7-11,16H2,1,3-4H3. The van der Waals surface area contributed by atoms with Gasteiger partial charge in [-0.25, -0.2) is 0 Å². The summed E-state index contributed by atoms with van der Waals surface area (Å²) in [4.78, 5) is 0. The molecule has 1 heterocycles. The summed E-state index contributed by atoms with van der Waals surface area (Å²) in [5.74, 6) is -0.474. The van der Waals surface area contributed by atoms with Gasteiger partial charge in [0.1, 0.15) is 0 Å². The minimum atomic E-state index is -0.474. The van der Waals surface area contributed by atoms with Gasteiger partial charge in [-0.1, -0.05) is 69.4 Å². The highest BCUT2D eigenvalue weighted by Crippen LogP contribution is 2.33. The maximum atomic E-state index is 6.19. The first kappa shape index (κ1) is 20.5. The molecule has 2 nitrogen and oxygen atoms in total. The highest BCUT2D eigenvalue weighted by Gasteiger charge is 2.40. The van der Waals surface area contributed by atoms with Crippen LogP contribution in [-0.4, -0.2) is 18.0 Å². The minimum Gasteiger partial charge on any atom is -0.345 e. The van der Waals surface area contributed by atoms with Crippen molar-refractivity contribution in [2.75, 3.05) is 0 Å². The molecule has 3 heteroatoms. The average Bonchev–Trinajstić information content (AvgIpc) is 2.88. The van der Waals surface area contributed by atoms with Crippen LogP contribution in [0.25, 0.3) is 0 Å². The largest absolute Gasteiger partial charge is 0.345 e. The highest BCUT2D eigenvalue weighted by molar-refractivity contribution is 7.80. The lowest BCUT2D eigenvalue weighted by Gasteiger charge is -2.17. The Balaban J connectivity index is 1.91. The van der Waals surface area contributed by atoms with Crippen molar-refractivity contribution in [2.45, 2.75) is 89.0 Å². The quantitative estimate of drug-likeness (QED) is 0.300. The Morgan fingerprint density at radius 3 is 2.36 bits per heavy atom. The van der Waals surface area contributed by atoms with Gasteiger partial charge in [0.15, 0.2) is 5.79 Å². The molecular weight excluding hydrogens is 328 g/mol. The Kier molecular flexibility index (Phi) is 8.05. The van der Waals surface area contributed by atoms with Crippen molar-refractivity contribution in [3.05, 3.63) is 48.0 Å². The van der Waals surface area contributed by atoms with Crippen LogP contribution >= 0.6 is 12.6 Å². The summed E-state index contributed by atoms with van der Waals surface area (Å²) in [5.41, 5.74) is 2.47. The van der Waals surface area contributed by atoms with Crippen LogP contribution in [0.3, 0.4) is 0 Å². The van der Waals surface area contributed by atoms with E-state index in [1.54, 1.807) is 0 Å². The zero-order chi connectivity index (χ0) is 18.3. The summed E-state index contributed by atoms with van der Waals surface area (Å²) < 4.78 is 12.4. The van der Waals surface area contributed by atoms with Gasteiger partial charge < -0.3 is 9.47 Å². The van der Waals surface area contributed by atoms with Crippen LogP contribution in [0.5, 0.6) is 0 Å². The Hall–Kier alpha value is -0.770. The van der Waals surface area contributed by atoms with Gasteiger partial charge >= 0.3 is 0 Å². The zero-order valence-corrected chi connectivity index (χ0v) is 16.9. The molecule has 2 rings (SSSR count). The number of ether oxygens (including phenoxy) is 2. The van der Waals surface area contributed by atoms with Crippen LogP contribution in [0, 0.1) is 0 Å². The molecule has 1 aromatic rings. The predicted octanol–water partition coefficient (Wildman–Crippen LogP) is 6.27. The molecule has 0 amide bonds. The monoisotopic (exact) mass is 362 g/mol. The molecule has 0 saturated carbocycles. The van der Waals surface area contributed by atoms with E-state index < -0.39 is 5.79 Å². The molecule has 0 bridgehead atoms. The molecule has 1 saturated heterocycles. The first-order valence-electron chi connectivity index (χ1n) is 9.70. The molecule has 0 spiro atoms. The number of thiol groups is 1. The molecule has 0 radical (unpaired) electrons. The van der Waals surface area contributed by atoms with Crippen LogP contribution < -0.4 is 0 Å². The predicted molar refractivity (Wildman–Crippen MR) is 109 cm³/mol. The van der Waals surface area contributed by atoms with E-state index in [1.165, 1.54) is 43.2 Å². The van der Waals surface area contributed by atoms with E-state index in [-0.39, 0.29) is 17.5 Å². The van der Waals surface area contributed by atoms with Crippen molar-refractivity contribution in [1.29, 1.82) is 0 Å². The second-order valence-corrected chi connectivity index (χ2v) is 8.10. The summed E-state index contributed by atoms with van der Waals surface area (Å²) in [6, 6.07) is 8.62. The molecule has 3 unspecified atom stereocenters. The maximum absolute atomic E-state index is 6.19. The minimum absolute atomic E-state index is 0.0925. The third-order valence-electron chi connectivity index (χ3n) is 4.86. The van der Waals surface area contributed by atoms with E-state index in [2.05, 4.69) is 50.4 Å². The third-order valence-corrected chi connectivity index (χ3v) is 5.37. The fourth-order valence-electron chi connectivity index (χ4n) is 3.49. The molecule has 0 aliphatic carbocycles. The number of unbranched alkanes of at least 4 members (excludes halogenated alkanes) is 4. The van der Waals surface area contributed by atoms with Gasteiger partial charge in [-0.15, -0.1) is 6.58 Å². The first-order chi connectivity index (χ1) is 11.9. The van der Waals surface area contributed by atoms with E-state index in [4.69, 9.17) is 9.47 Å². The van der Waals surface area contributed by atoms with Crippen LogP contribution in [-0.2, 0) is 15.9 Å². The maximum Gasteiger partial charge on any atom is 0.163 e. The van der Waals surface area contributed by atoms with Gasteiger partial charge in [-0.3, -0.25) is 0 Å². The first-order valence-corrected chi connectivity index (χ1v) is 10.2. The molecule has 0 N–H and O–H groups in total. The van der Waals surface area contributed by atoms with Crippen molar-refractivity contribution < 1.29 is 9.47 Å². The Morgan fingerprint density at radius 2 is 1.72 bits per heavy atom. The fraction of sp³-hybridized carbons (Fsp3) is 0.636. The Morgan fingerprint density at radius 1 is 1.08 bits per heavy atom. The van der Waals surface area contributed by atoms with Crippen molar-refractivity contribution in [3.63, 3.8) is 0 Å². The van der Waals surface area contributed by atoms with Crippen LogP contribution in [0.15, 0.2) is 36.9 Å². The summed E-state index contributed by atoms with van der Waals surface area (Å²) >= 11 is 4.51. The molecule has 1 aliphatic rings. The van der Waals surface area contributed by atoms with Crippen molar-refractivity contribution in [1.82, 2.24) is 0 Å². The van der Waals surface area contributed by atoms with Gasteiger partial charge in [0.05, 0.1) is 12.2 Å². The normalized spacial score (nSPS) is 23.5. The summed E-state index contributed by atoms with van der Waals surface area (Å²) in [7, 11) is 0. The van der Waals surface area contributed by atoms with E-state index in [9.17, 15) is 0 Å². The SMILES string of the molecule is C=CC(S)c1ccc(CC2OC(C)(C)OC2CCCCCCC)cc1. The summed E-state index contributed by atoms with van der Waals surface area (Å²) in [5, 5.41) is 0.0925. The second-order valence-electron chi connectivity index (χ2n) is 7.54. The summed E-state index contributed by atoms with van der Waals surface area (Å²) in [6.07, 6.45) is 10.6. The third kappa shape index (κ3) is 6.47. The van der Waals surface area contributed by atoms with Crippen LogP contribution in [0.1, 0.15) is 75.7 Å². The number of rotatable bonds is 10. The van der Waals surface area contributed by atoms with Gasteiger partial charge in [0, 0.05) is 11.7 Å². The van der Waals surface area contributed by atoms with Gasteiger partial charge in [0.2, 0.25) is 0 Å². The van der Waals surface area contributed by atoms with Crippen molar-refractivity contribution in [2.24, 2.45) is 0 Å². The van der Waals surface area contributed by atoms with E-state index >= 15 is 0 Å². The molecule has 1 aliphatic heterocycles. The van der Waals surface area contributed by atoms with Crippen molar-refractivity contribution in [3.8, 4) is 0 Å². The lowest BCUT2D eigenvalue weighted by atomic mass is 9.98. The van der Waals surface area contributed by atoms with Crippen LogP contribution in [0.4, 0.5) is 0 Å². The fourth-order valence-corrected chi connectivity index (χ4v) is 3.67. The Bertz CT molecular complexity index is 523. The molecule has 25 heavy (non-hydrogen) atoms. The van der Waals surface area contributed by atoms with Gasteiger partial charge in [-0.2, -0.15) is 12.6 Å². The smallest absolute Gasteiger partial charge is 0.163 e. The molecule has 140 valence electrons. The molecule has 1 aromatic carbocycles. The lowest BCUT2D eigenvalue weighted by molar-refractivity contribution is -0.146. The molecule has 1 fully saturated rings. The van der Waals surface area contributed by atoms with Crippen LogP contribution in [0.2, 0.25) is 0 Å². The molecular formula is C22H34O2S. The van der Waals surface area contributed by atoms with E-state index in [0.717, 1.165) is 12.8 Å². The second kappa shape index (κ2) is 9.80. The number of benzene rings is 1.